The molecule has 0 unspecified atom stereocenters. The molecule has 2 saturated heterocycles. The Kier molecular flexibility index (Phi) is 3.60. The number of amides is 1. The van der Waals surface area contributed by atoms with Crippen LogP contribution in [-0.4, -0.2) is 28.7 Å². The summed E-state index contributed by atoms with van der Waals surface area (Å²) in [5, 5.41) is 0. The predicted molar refractivity (Wildman–Crippen MR) is 79.1 cm³/mol. The second kappa shape index (κ2) is 5.01. The van der Waals surface area contributed by atoms with E-state index in [1.807, 2.05) is 0 Å². The summed E-state index contributed by atoms with van der Waals surface area (Å²) in [5.41, 5.74) is -0.0522. The molecule has 0 spiro atoms. The van der Waals surface area contributed by atoms with E-state index in [-0.39, 0.29) is 17.7 Å². The van der Waals surface area contributed by atoms with E-state index < -0.39 is 0 Å². The van der Waals surface area contributed by atoms with Crippen LogP contribution in [0.4, 0.5) is 0 Å². The first-order valence-corrected chi connectivity index (χ1v) is 8.40. The number of hydrogen-bond donors (Lipinski definition) is 0. The lowest BCUT2D eigenvalue weighted by Gasteiger charge is -2.57. The van der Waals surface area contributed by atoms with Crippen molar-refractivity contribution in [1.29, 1.82) is 0 Å². The maximum absolute atomic E-state index is 12.8. The molecule has 2 aliphatic heterocycles. The minimum atomic E-state index is -0.0522. The van der Waals surface area contributed by atoms with Crippen LogP contribution in [0.25, 0.3) is 0 Å². The van der Waals surface area contributed by atoms with Gasteiger partial charge >= 0.3 is 0 Å². The summed E-state index contributed by atoms with van der Waals surface area (Å²) in [4.78, 5) is 14.9. The Labute approximate surface area is 123 Å². The van der Waals surface area contributed by atoms with Crippen LogP contribution >= 0.6 is 0 Å². The third kappa shape index (κ3) is 2.18. The molecule has 1 amide bonds. The van der Waals surface area contributed by atoms with Gasteiger partial charge in [-0.3, -0.25) is 4.79 Å². The summed E-state index contributed by atoms with van der Waals surface area (Å²) in [5.74, 6) is 1.74. The average molecular weight is 279 g/mol. The highest BCUT2D eigenvalue weighted by Crippen LogP contribution is 2.47. The molecule has 3 fully saturated rings. The summed E-state index contributed by atoms with van der Waals surface area (Å²) in [6, 6.07) is 0. The van der Waals surface area contributed by atoms with E-state index in [2.05, 4.69) is 32.6 Å². The molecule has 0 aromatic heterocycles. The summed E-state index contributed by atoms with van der Waals surface area (Å²) in [6.07, 6.45) is 7.15. The molecule has 1 aliphatic carbocycles. The van der Waals surface area contributed by atoms with Gasteiger partial charge in [-0.25, -0.2) is 0 Å². The molecule has 2 heterocycles. The highest BCUT2D eigenvalue weighted by molar-refractivity contribution is 5.80. The molecule has 3 heteroatoms. The molecule has 114 valence electrons. The van der Waals surface area contributed by atoms with Crippen LogP contribution in [-0.2, 0) is 9.53 Å². The molecule has 3 aliphatic rings. The van der Waals surface area contributed by atoms with Crippen LogP contribution in [0.2, 0.25) is 0 Å². The Hall–Kier alpha value is -0.570. The van der Waals surface area contributed by atoms with Gasteiger partial charge in [0.1, 0.15) is 6.23 Å². The zero-order chi connectivity index (χ0) is 14.5. The third-order valence-electron chi connectivity index (χ3n) is 5.95. The smallest absolute Gasteiger partial charge is 0.227 e. The molecule has 0 radical (unpaired) electrons. The van der Waals surface area contributed by atoms with Crippen molar-refractivity contribution in [3.05, 3.63) is 0 Å². The highest BCUT2D eigenvalue weighted by atomic mass is 16.5. The SMILES string of the molecule is C[C@@H]1CC[C@H]2[C@@H](C1)O[C@H]1CCC[C@@H](C)C(=O)N1C2(C)C. The van der Waals surface area contributed by atoms with Crippen molar-refractivity contribution in [3.63, 3.8) is 0 Å². The first kappa shape index (κ1) is 14.4. The first-order valence-electron chi connectivity index (χ1n) is 8.40. The number of carbonyl (C=O) groups is 1. The fraction of sp³-hybridized carbons (Fsp3) is 0.941. The molecule has 5 atom stereocenters. The third-order valence-corrected chi connectivity index (χ3v) is 5.95. The second-order valence-electron chi connectivity index (χ2n) is 7.85. The van der Waals surface area contributed by atoms with Crippen molar-refractivity contribution in [2.45, 2.75) is 84.1 Å². The van der Waals surface area contributed by atoms with E-state index in [0.29, 0.717) is 17.9 Å². The van der Waals surface area contributed by atoms with E-state index in [1.165, 1.54) is 19.3 Å². The van der Waals surface area contributed by atoms with Crippen molar-refractivity contribution in [1.82, 2.24) is 4.90 Å². The van der Waals surface area contributed by atoms with Crippen molar-refractivity contribution in [2.24, 2.45) is 17.8 Å². The van der Waals surface area contributed by atoms with Crippen LogP contribution < -0.4 is 0 Å². The number of nitrogens with zero attached hydrogens (tertiary/aromatic N) is 1. The van der Waals surface area contributed by atoms with Crippen molar-refractivity contribution in [3.8, 4) is 0 Å². The van der Waals surface area contributed by atoms with Gasteiger partial charge in [0.05, 0.1) is 6.10 Å². The van der Waals surface area contributed by atoms with Crippen LogP contribution in [0.5, 0.6) is 0 Å². The van der Waals surface area contributed by atoms with Gasteiger partial charge in [0, 0.05) is 17.4 Å². The van der Waals surface area contributed by atoms with E-state index in [1.54, 1.807) is 0 Å². The Bertz CT molecular complexity index is 392. The predicted octanol–water partition coefficient (Wildman–Crippen LogP) is 3.57. The lowest BCUT2D eigenvalue weighted by molar-refractivity contribution is -0.231. The summed E-state index contributed by atoms with van der Waals surface area (Å²) in [6.45, 7) is 8.95. The summed E-state index contributed by atoms with van der Waals surface area (Å²) >= 11 is 0. The summed E-state index contributed by atoms with van der Waals surface area (Å²) < 4.78 is 6.40. The van der Waals surface area contributed by atoms with Gasteiger partial charge in [-0.05, 0) is 51.9 Å². The maximum atomic E-state index is 12.8. The molecule has 0 bridgehead atoms. The number of hydrogen-bond acceptors (Lipinski definition) is 2. The molecular formula is C17H29NO2. The van der Waals surface area contributed by atoms with Gasteiger partial charge in [-0.1, -0.05) is 20.3 Å². The second-order valence-corrected chi connectivity index (χ2v) is 7.85. The molecule has 20 heavy (non-hydrogen) atoms. The van der Waals surface area contributed by atoms with Gasteiger partial charge in [0.2, 0.25) is 5.91 Å². The number of carbonyl (C=O) groups excluding carboxylic acids is 1. The Balaban J connectivity index is 1.91. The van der Waals surface area contributed by atoms with Crippen LogP contribution in [0.15, 0.2) is 0 Å². The van der Waals surface area contributed by atoms with Gasteiger partial charge in [0.25, 0.3) is 0 Å². The zero-order valence-electron chi connectivity index (χ0n) is 13.4. The van der Waals surface area contributed by atoms with E-state index in [9.17, 15) is 4.79 Å². The number of fused-ring (bicyclic) bond motifs is 2. The van der Waals surface area contributed by atoms with Crippen molar-refractivity contribution in [2.75, 3.05) is 0 Å². The van der Waals surface area contributed by atoms with Gasteiger partial charge in [0.15, 0.2) is 0 Å². The zero-order valence-corrected chi connectivity index (χ0v) is 13.4. The fourth-order valence-electron chi connectivity index (χ4n) is 4.68. The molecule has 0 aromatic rings. The number of ether oxygens (including phenoxy) is 1. The lowest BCUT2D eigenvalue weighted by atomic mass is 9.69. The van der Waals surface area contributed by atoms with E-state index >= 15 is 0 Å². The first-order chi connectivity index (χ1) is 9.41. The Morgan fingerprint density at radius 3 is 2.65 bits per heavy atom. The molecule has 1 saturated carbocycles. The molecule has 3 rings (SSSR count). The molecule has 0 aromatic carbocycles. The van der Waals surface area contributed by atoms with Gasteiger partial charge in [-0.15, -0.1) is 0 Å². The minimum Gasteiger partial charge on any atom is -0.355 e. The minimum absolute atomic E-state index is 0.0222. The lowest BCUT2D eigenvalue weighted by Crippen LogP contribution is -2.66. The van der Waals surface area contributed by atoms with Crippen LogP contribution in [0.3, 0.4) is 0 Å². The average Bonchev–Trinajstić information content (AvgIpc) is 2.49. The van der Waals surface area contributed by atoms with Crippen LogP contribution in [0, 0.1) is 17.8 Å². The maximum Gasteiger partial charge on any atom is 0.227 e. The highest BCUT2D eigenvalue weighted by Gasteiger charge is 2.53. The van der Waals surface area contributed by atoms with E-state index in [0.717, 1.165) is 25.2 Å². The van der Waals surface area contributed by atoms with E-state index in [4.69, 9.17) is 4.74 Å². The number of rotatable bonds is 0. The Morgan fingerprint density at radius 1 is 1.15 bits per heavy atom. The van der Waals surface area contributed by atoms with Gasteiger partial charge < -0.3 is 9.64 Å². The quantitative estimate of drug-likeness (QED) is 0.678. The van der Waals surface area contributed by atoms with Crippen LogP contribution in [0.1, 0.15) is 66.2 Å². The Morgan fingerprint density at radius 2 is 1.90 bits per heavy atom. The molecule has 0 N–H and O–H groups in total. The monoisotopic (exact) mass is 279 g/mol. The fourth-order valence-corrected chi connectivity index (χ4v) is 4.68. The normalized spacial score (nSPS) is 44.5. The standard InChI is InChI=1S/C17H29NO2/c1-11-8-9-13-14(10-11)20-15-7-5-6-12(2)16(19)18(15)17(13,3)4/h11-15H,5-10H2,1-4H3/t11-,12-,13+,14-,15+/m1/s1. The molecule has 3 nitrogen and oxygen atoms in total. The molecular weight excluding hydrogens is 250 g/mol. The topological polar surface area (TPSA) is 29.5 Å². The summed E-state index contributed by atoms with van der Waals surface area (Å²) in [7, 11) is 0. The van der Waals surface area contributed by atoms with Crippen molar-refractivity contribution >= 4 is 5.91 Å². The van der Waals surface area contributed by atoms with Gasteiger partial charge in [-0.2, -0.15) is 0 Å². The largest absolute Gasteiger partial charge is 0.355 e. The van der Waals surface area contributed by atoms with Crippen molar-refractivity contribution < 1.29 is 9.53 Å².